The van der Waals surface area contributed by atoms with Gasteiger partial charge in [-0.3, -0.25) is 4.79 Å². The monoisotopic (exact) mass is 429 g/mol. The van der Waals surface area contributed by atoms with E-state index in [1.165, 1.54) is 57.8 Å². The number of rotatable bonds is 19. The average Bonchev–Trinajstić information content (AvgIpc) is 2.76. The van der Waals surface area contributed by atoms with Crippen LogP contribution in [0, 0.1) is 0 Å². The van der Waals surface area contributed by atoms with E-state index in [-0.39, 0.29) is 5.75 Å². The number of allylic oxidation sites excluding steroid dienone is 4. The molecule has 0 aromatic heterocycles. The number of hydrogen-bond acceptors (Lipinski definition) is 3. The first-order chi connectivity index (χ1) is 15.1. The fourth-order valence-electron chi connectivity index (χ4n) is 3.50. The van der Waals surface area contributed by atoms with E-state index in [1.807, 2.05) is 0 Å². The van der Waals surface area contributed by atoms with Gasteiger partial charge in [-0.05, 0) is 69.2 Å². The molecule has 1 rings (SSSR count). The van der Waals surface area contributed by atoms with Crippen LogP contribution in [0.4, 0.5) is 0 Å². The Bertz CT molecular complexity index is 622. The Morgan fingerprint density at radius 1 is 0.871 bits per heavy atom. The molecule has 0 spiro atoms. The summed E-state index contributed by atoms with van der Waals surface area (Å²) in [5.74, 6) is -0.627. The van der Waals surface area contributed by atoms with Gasteiger partial charge in [-0.1, -0.05) is 81.9 Å². The molecule has 0 amide bonds. The first-order valence-corrected chi connectivity index (χ1v) is 12.2. The van der Waals surface area contributed by atoms with Crippen LogP contribution >= 0.6 is 0 Å². The normalized spacial score (nSPS) is 12.7. The maximum absolute atomic E-state index is 11.5. The molecule has 4 heteroatoms. The van der Waals surface area contributed by atoms with E-state index in [0.29, 0.717) is 6.42 Å². The molecular formula is C27H43NO3. The molecule has 0 saturated heterocycles. The van der Waals surface area contributed by atoms with E-state index in [0.717, 1.165) is 31.4 Å². The van der Waals surface area contributed by atoms with Crippen LogP contribution in [0.1, 0.15) is 89.5 Å². The molecule has 31 heavy (non-hydrogen) atoms. The van der Waals surface area contributed by atoms with Crippen LogP contribution in [0.25, 0.3) is 0 Å². The van der Waals surface area contributed by atoms with E-state index in [9.17, 15) is 15.0 Å². The van der Waals surface area contributed by atoms with E-state index in [1.54, 1.807) is 24.3 Å². The van der Waals surface area contributed by atoms with E-state index in [4.69, 9.17) is 0 Å². The molecule has 0 heterocycles. The van der Waals surface area contributed by atoms with Crippen molar-refractivity contribution in [3.63, 3.8) is 0 Å². The molecule has 0 radical (unpaired) electrons. The number of unbranched alkanes of at least 4 members (excludes halogenated alkanes) is 9. The summed E-state index contributed by atoms with van der Waals surface area (Å²) in [6.07, 6.45) is 24.1. The number of benzene rings is 1. The molecule has 174 valence electrons. The van der Waals surface area contributed by atoms with Gasteiger partial charge in [-0.2, -0.15) is 0 Å². The molecule has 0 fully saturated rings. The zero-order valence-corrected chi connectivity index (χ0v) is 19.4. The van der Waals surface area contributed by atoms with E-state index in [2.05, 4.69) is 36.5 Å². The minimum Gasteiger partial charge on any atom is -0.508 e. The molecule has 1 atom stereocenters. The molecule has 3 N–H and O–H groups in total. The summed E-state index contributed by atoms with van der Waals surface area (Å²) in [5.41, 5.74) is 0.912. The third-order valence-electron chi connectivity index (χ3n) is 5.44. The Hall–Kier alpha value is -2.07. The van der Waals surface area contributed by atoms with Crippen molar-refractivity contribution in [2.45, 2.75) is 96.4 Å². The first-order valence-electron chi connectivity index (χ1n) is 12.2. The van der Waals surface area contributed by atoms with Gasteiger partial charge in [0.2, 0.25) is 0 Å². The van der Waals surface area contributed by atoms with Gasteiger partial charge in [0.25, 0.3) is 0 Å². The van der Waals surface area contributed by atoms with Gasteiger partial charge in [0.15, 0.2) is 0 Å². The van der Waals surface area contributed by atoms with Crippen molar-refractivity contribution in [2.75, 3.05) is 6.54 Å². The molecule has 1 aromatic carbocycles. The van der Waals surface area contributed by atoms with Crippen LogP contribution < -0.4 is 5.32 Å². The van der Waals surface area contributed by atoms with Gasteiger partial charge >= 0.3 is 5.97 Å². The lowest BCUT2D eigenvalue weighted by molar-refractivity contribution is -0.139. The summed E-state index contributed by atoms with van der Waals surface area (Å²) < 4.78 is 0. The Labute approximate surface area is 189 Å². The third kappa shape index (κ3) is 15.4. The number of carboxylic acids is 1. The summed E-state index contributed by atoms with van der Waals surface area (Å²) in [6.45, 7) is 2.97. The van der Waals surface area contributed by atoms with E-state index >= 15 is 0 Å². The van der Waals surface area contributed by atoms with Gasteiger partial charge < -0.3 is 15.5 Å². The summed E-state index contributed by atoms with van der Waals surface area (Å²) in [4.78, 5) is 11.5. The second kappa shape index (κ2) is 18.7. The van der Waals surface area contributed by atoms with Gasteiger partial charge in [-0.15, -0.1) is 0 Å². The zero-order chi connectivity index (χ0) is 22.6. The maximum Gasteiger partial charge on any atom is 0.321 e. The quantitative estimate of drug-likeness (QED) is 0.167. The van der Waals surface area contributed by atoms with Crippen molar-refractivity contribution in [1.29, 1.82) is 0 Å². The number of hydrogen-bond donors (Lipinski definition) is 3. The molecule has 0 aliphatic rings. The number of aromatic hydroxyl groups is 1. The second-order valence-corrected chi connectivity index (χ2v) is 8.30. The second-order valence-electron chi connectivity index (χ2n) is 8.30. The Morgan fingerprint density at radius 2 is 1.45 bits per heavy atom. The highest BCUT2D eigenvalue weighted by molar-refractivity contribution is 5.73. The number of phenolic OH excluding ortho intramolecular Hbond substituents is 1. The standard InChI is InChI=1S/C27H43NO3/c1-2-3-4-5-6-7-8-9-10-11-12-13-14-15-16-17-22-28-26(27(30)31)23-24-18-20-25(29)21-19-24/h6-7,9-10,18-21,26,28-29H,2-5,8,11-17,22-23H2,1H3,(H,30,31)/b7-6-,10-9-. The fraction of sp³-hybridized carbons (Fsp3) is 0.593. The first kappa shape index (κ1) is 27.0. The predicted molar refractivity (Wildman–Crippen MR) is 131 cm³/mol. The Morgan fingerprint density at radius 3 is 2.06 bits per heavy atom. The maximum atomic E-state index is 11.5. The number of aliphatic carboxylic acids is 1. The molecule has 1 unspecified atom stereocenters. The number of nitrogens with one attached hydrogen (secondary N) is 1. The highest BCUT2D eigenvalue weighted by Gasteiger charge is 2.16. The molecule has 4 nitrogen and oxygen atoms in total. The summed E-state index contributed by atoms with van der Waals surface area (Å²) in [5, 5.41) is 21.9. The van der Waals surface area contributed by atoms with Gasteiger partial charge in [0.1, 0.15) is 11.8 Å². The molecule has 0 bridgehead atoms. The molecule has 0 aliphatic heterocycles. The lowest BCUT2D eigenvalue weighted by atomic mass is 10.1. The number of phenols is 1. The van der Waals surface area contributed by atoms with Crippen molar-refractivity contribution in [1.82, 2.24) is 5.32 Å². The molecule has 1 aromatic rings. The summed E-state index contributed by atoms with van der Waals surface area (Å²) in [6, 6.07) is 6.15. The van der Waals surface area contributed by atoms with Gasteiger partial charge in [-0.25, -0.2) is 0 Å². The topological polar surface area (TPSA) is 69.6 Å². The predicted octanol–water partition coefficient (Wildman–Crippen LogP) is 6.79. The lowest BCUT2D eigenvalue weighted by Crippen LogP contribution is -2.39. The van der Waals surface area contributed by atoms with Crippen LogP contribution in [0.3, 0.4) is 0 Å². The van der Waals surface area contributed by atoms with Crippen molar-refractivity contribution in [3.8, 4) is 5.75 Å². The van der Waals surface area contributed by atoms with Crippen LogP contribution in [-0.2, 0) is 11.2 Å². The van der Waals surface area contributed by atoms with Gasteiger partial charge in [0, 0.05) is 0 Å². The fourth-order valence-corrected chi connectivity index (χ4v) is 3.50. The Balaban J connectivity index is 1.97. The summed E-state index contributed by atoms with van der Waals surface area (Å²) >= 11 is 0. The zero-order valence-electron chi connectivity index (χ0n) is 19.4. The molecule has 0 saturated carbocycles. The highest BCUT2D eigenvalue weighted by Crippen LogP contribution is 2.12. The SMILES string of the molecule is CCCCC/C=C\C/C=C\CCCCCCCCNC(Cc1ccc(O)cc1)C(=O)O. The van der Waals surface area contributed by atoms with Crippen molar-refractivity contribution >= 4 is 5.97 Å². The van der Waals surface area contributed by atoms with Crippen LogP contribution in [0.15, 0.2) is 48.6 Å². The van der Waals surface area contributed by atoms with Crippen LogP contribution in [0.2, 0.25) is 0 Å². The minimum absolute atomic E-state index is 0.199. The smallest absolute Gasteiger partial charge is 0.321 e. The molecular weight excluding hydrogens is 386 g/mol. The third-order valence-corrected chi connectivity index (χ3v) is 5.44. The van der Waals surface area contributed by atoms with Crippen molar-refractivity contribution < 1.29 is 15.0 Å². The van der Waals surface area contributed by atoms with Gasteiger partial charge in [0.05, 0.1) is 0 Å². The largest absolute Gasteiger partial charge is 0.508 e. The summed E-state index contributed by atoms with van der Waals surface area (Å²) in [7, 11) is 0. The van der Waals surface area contributed by atoms with Crippen molar-refractivity contribution in [2.24, 2.45) is 0 Å². The average molecular weight is 430 g/mol. The van der Waals surface area contributed by atoms with E-state index < -0.39 is 12.0 Å². The number of carboxylic acid groups (broad SMARTS) is 1. The lowest BCUT2D eigenvalue weighted by Gasteiger charge is -2.14. The van der Waals surface area contributed by atoms with Crippen LogP contribution in [0.5, 0.6) is 5.75 Å². The number of carbonyl (C=O) groups is 1. The van der Waals surface area contributed by atoms with Crippen molar-refractivity contribution in [3.05, 3.63) is 54.1 Å². The van der Waals surface area contributed by atoms with Crippen LogP contribution in [-0.4, -0.2) is 28.8 Å². The minimum atomic E-state index is -0.826. The highest BCUT2D eigenvalue weighted by atomic mass is 16.4. The molecule has 0 aliphatic carbocycles. The Kier molecular flexibility index (Phi) is 16.2.